The number of nitriles is 1. The molecule has 33 heavy (non-hydrogen) atoms. The Balaban J connectivity index is 0.00000306. The summed E-state index contributed by atoms with van der Waals surface area (Å²) in [5.74, 6) is -0.269. The van der Waals surface area contributed by atoms with Crippen molar-refractivity contribution in [3.8, 4) is 6.07 Å². The standard InChI is InChI=1S/C23H25N5O3S.ClH/c24-12-20-19-6-7-25-14-21(19)32-23(20)27-22(29)18-13-26-28(15-18)8-9-30-10-11-31-16-17-4-2-1-3-5-17;/h1-5,13,15,25H,6-11,14,16H2,(H,27,29);1H. The topological polar surface area (TPSA) is 101 Å². The highest BCUT2D eigenvalue weighted by Crippen LogP contribution is 2.35. The van der Waals surface area contributed by atoms with Gasteiger partial charge in [-0.05, 0) is 24.1 Å². The van der Waals surface area contributed by atoms with Crippen LogP contribution >= 0.6 is 23.7 Å². The number of carbonyl (C=O) groups is 1. The van der Waals surface area contributed by atoms with Crippen LogP contribution in [0.1, 0.15) is 31.9 Å². The molecular formula is C23H26ClN5O3S. The highest BCUT2D eigenvalue weighted by Gasteiger charge is 2.22. The van der Waals surface area contributed by atoms with Gasteiger partial charge in [0, 0.05) is 17.6 Å². The smallest absolute Gasteiger partial charge is 0.259 e. The SMILES string of the molecule is Cl.N#Cc1c(NC(=O)c2cnn(CCOCCOCc3ccccc3)c2)sc2c1CCNC2. The maximum Gasteiger partial charge on any atom is 0.259 e. The Labute approximate surface area is 202 Å². The number of nitrogens with zero attached hydrogens (tertiary/aromatic N) is 3. The van der Waals surface area contributed by atoms with Crippen molar-refractivity contribution in [2.24, 2.45) is 0 Å². The predicted octanol–water partition coefficient (Wildman–Crippen LogP) is 3.37. The van der Waals surface area contributed by atoms with Crippen LogP contribution in [0.15, 0.2) is 42.7 Å². The third-order valence-electron chi connectivity index (χ3n) is 5.11. The molecular weight excluding hydrogens is 462 g/mol. The molecule has 2 aromatic heterocycles. The van der Waals surface area contributed by atoms with Gasteiger partial charge < -0.3 is 20.1 Å². The molecule has 3 aromatic rings. The van der Waals surface area contributed by atoms with E-state index >= 15 is 0 Å². The van der Waals surface area contributed by atoms with Crippen LogP contribution in [-0.2, 0) is 35.6 Å². The number of aromatic nitrogens is 2. The minimum atomic E-state index is -0.269. The Hall–Kier alpha value is -2.74. The van der Waals surface area contributed by atoms with E-state index in [2.05, 4.69) is 21.8 Å². The summed E-state index contributed by atoms with van der Waals surface area (Å²) in [7, 11) is 0. The van der Waals surface area contributed by atoms with Gasteiger partial charge in [-0.1, -0.05) is 30.3 Å². The fraction of sp³-hybridized carbons (Fsp3) is 0.348. The van der Waals surface area contributed by atoms with Crippen molar-refractivity contribution in [2.75, 3.05) is 31.7 Å². The lowest BCUT2D eigenvalue weighted by Gasteiger charge is -2.11. The quantitative estimate of drug-likeness (QED) is 0.425. The molecule has 0 saturated carbocycles. The normalized spacial score (nSPS) is 12.5. The predicted molar refractivity (Wildman–Crippen MR) is 129 cm³/mol. The molecule has 10 heteroatoms. The largest absolute Gasteiger partial charge is 0.377 e. The highest BCUT2D eigenvalue weighted by atomic mass is 35.5. The molecule has 8 nitrogen and oxygen atoms in total. The average molecular weight is 488 g/mol. The molecule has 1 aliphatic heterocycles. The van der Waals surface area contributed by atoms with E-state index in [4.69, 9.17) is 9.47 Å². The minimum absolute atomic E-state index is 0. The van der Waals surface area contributed by atoms with E-state index in [0.29, 0.717) is 49.1 Å². The maximum absolute atomic E-state index is 12.6. The Morgan fingerprint density at radius 1 is 1.24 bits per heavy atom. The number of rotatable bonds is 10. The lowest BCUT2D eigenvalue weighted by Crippen LogP contribution is -2.22. The van der Waals surface area contributed by atoms with E-state index in [1.807, 2.05) is 30.3 Å². The molecule has 2 N–H and O–H groups in total. The molecule has 1 aromatic carbocycles. The second-order valence-corrected chi connectivity index (χ2v) is 8.45. The Morgan fingerprint density at radius 3 is 2.88 bits per heavy atom. The molecule has 0 bridgehead atoms. The summed E-state index contributed by atoms with van der Waals surface area (Å²) in [5.41, 5.74) is 3.21. The number of ether oxygens (including phenoxy) is 2. The Bertz CT molecular complexity index is 1090. The summed E-state index contributed by atoms with van der Waals surface area (Å²) < 4.78 is 12.9. The van der Waals surface area contributed by atoms with Gasteiger partial charge in [0.15, 0.2) is 0 Å². The van der Waals surface area contributed by atoms with Gasteiger partial charge >= 0.3 is 0 Å². The van der Waals surface area contributed by atoms with Crippen LogP contribution in [0.4, 0.5) is 5.00 Å². The molecule has 0 aliphatic carbocycles. The molecule has 1 aliphatic rings. The number of halogens is 1. The first-order valence-electron chi connectivity index (χ1n) is 10.5. The molecule has 0 unspecified atom stereocenters. The third kappa shape index (κ3) is 6.63. The van der Waals surface area contributed by atoms with E-state index in [1.54, 1.807) is 10.9 Å². The summed E-state index contributed by atoms with van der Waals surface area (Å²) in [5, 5.41) is 20.5. The number of benzene rings is 1. The van der Waals surface area contributed by atoms with Crippen molar-refractivity contribution in [2.45, 2.75) is 26.1 Å². The summed E-state index contributed by atoms with van der Waals surface area (Å²) >= 11 is 1.46. The second kappa shape index (κ2) is 12.5. The molecule has 0 atom stereocenters. The van der Waals surface area contributed by atoms with Gasteiger partial charge in [0.05, 0.1) is 50.3 Å². The second-order valence-electron chi connectivity index (χ2n) is 7.34. The highest BCUT2D eigenvalue weighted by molar-refractivity contribution is 7.16. The molecule has 1 amide bonds. The molecule has 0 spiro atoms. The zero-order chi connectivity index (χ0) is 22.2. The van der Waals surface area contributed by atoms with Crippen LogP contribution in [0.3, 0.4) is 0 Å². The number of anilines is 1. The molecule has 0 radical (unpaired) electrons. The van der Waals surface area contributed by atoms with Crippen molar-refractivity contribution < 1.29 is 14.3 Å². The van der Waals surface area contributed by atoms with Gasteiger partial charge in [-0.25, -0.2) is 0 Å². The Morgan fingerprint density at radius 2 is 2.06 bits per heavy atom. The molecule has 0 fully saturated rings. The first kappa shape index (κ1) is 24.9. The van der Waals surface area contributed by atoms with Crippen LogP contribution in [0.5, 0.6) is 0 Å². The molecule has 4 rings (SSSR count). The van der Waals surface area contributed by atoms with E-state index in [-0.39, 0.29) is 18.3 Å². The summed E-state index contributed by atoms with van der Waals surface area (Å²) in [6, 6.07) is 12.2. The summed E-state index contributed by atoms with van der Waals surface area (Å²) in [6.07, 6.45) is 4.02. The van der Waals surface area contributed by atoms with Gasteiger partial charge in [0.1, 0.15) is 11.1 Å². The lowest BCUT2D eigenvalue weighted by molar-refractivity contribution is 0.0372. The number of hydrogen-bond acceptors (Lipinski definition) is 7. The maximum atomic E-state index is 12.6. The summed E-state index contributed by atoms with van der Waals surface area (Å²) in [6.45, 7) is 4.17. The number of thiophene rings is 1. The third-order valence-corrected chi connectivity index (χ3v) is 6.26. The van der Waals surface area contributed by atoms with Crippen molar-refractivity contribution in [1.82, 2.24) is 15.1 Å². The van der Waals surface area contributed by atoms with E-state index < -0.39 is 0 Å². The Kier molecular flexibility index (Phi) is 9.42. The van der Waals surface area contributed by atoms with Crippen LogP contribution in [0.2, 0.25) is 0 Å². The molecule has 3 heterocycles. The van der Waals surface area contributed by atoms with Gasteiger partial charge in [-0.2, -0.15) is 10.4 Å². The number of nitrogens with one attached hydrogen (secondary N) is 2. The molecule has 174 valence electrons. The fourth-order valence-corrected chi connectivity index (χ4v) is 4.62. The van der Waals surface area contributed by atoms with Crippen molar-refractivity contribution in [1.29, 1.82) is 5.26 Å². The minimum Gasteiger partial charge on any atom is -0.377 e. The van der Waals surface area contributed by atoms with Crippen LogP contribution in [-0.4, -0.2) is 42.1 Å². The van der Waals surface area contributed by atoms with Crippen LogP contribution in [0.25, 0.3) is 0 Å². The lowest BCUT2D eigenvalue weighted by atomic mass is 10.1. The molecule has 0 saturated heterocycles. The fourth-order valence-electron chi connectivity index (χ4n) is 3.46. The van der Waals surface area contributed by atoms with Crippen LogP contribution < -0.4 is 10.6 Å². The van der Waals surface area contributed by atoms with E-state index in [0.717, 1.165) is 35.5 Å². The van der Waals surface area contributed by atoms with Crippen molar-refractivity contribution in [3.05, 3.63) is 69.9 Å². The number of carbonyl (C=O) groups excluding carboxylic acids is 1. The number of fused-ring (bicyclic) bond motifs is 1. The van der Waals surface area contributed by atoms with Crippen molar-refractivity contribution >= 4 is 34.7 Å². The van der Waals surface area contributed by atoms with Crippen molar-refractivity contribution in [3.63, 3.8) is 0 Å². The zero-order valence-corrected chi connectivity index (χ0v) is 19.7. The number of amides is 1. The van der Waals surface area contributed by atoms with Crippen LogP contribution in [0, 0.1) is 11.3 Å². The first-order chi connectivity index (χ1) is 15.7. The van der Waals surface area contributed by atoms with E-state index in [1.165, 1.54) is 17.5 Å². The zero-order valence-electron chi connectivity index (χ0n) is 18.1. The monoisotopic (exact) mass is 487 g/mol. The van der Waals surface area contributed by atoms with Gasteiger partial charge in [0.2, 0.25) is 0 Å². The first-order valence-corrected chi connectivity index (χ1v) is 11.3. The van der Waals surface area contributed by atoms with Gasteiger partial charge in [-0.3, -0.25) is 9.48 Å². The van der Waals surface area contributed by atoms with Gasteiger partial charge in [0.25, 0.3) is 5.91 Å². The average Bonchev–Trinajstić information content (AvgIpc) is 3.43. The number of hydrogen-bond donors (Lipinski definition) is 2. The summed E-state index contributed by atoms with van der Waals surface area (Å²) in [4.78, 5) is 13.8. The van der Waals surface area contributed by atoms with E-state index in [9.17, 15) is 10.1 Å². The van der Waals surface area contributed by atoms with Gasteiger partial charge in [-0.15, -0.1) is 23.7 Å².